The Morgan fingerprint density at radius 1 is 1.22 bits per heavy atom. The van der Waals surface area contributed by atoms with E-state index in [0.717, 1.165) is 0 Å². The minimum atomic E-state index is -4.05. The van der Waals surface area contributed by atoms with Gasteiger partial charge in [0.2, 0.25) is 5.91 Å². The van der Waals surface area contributed by atoms with Crippen LogP contribution >= 0.6 is 0 Å². The van der Waals surface area contributed by atoms with Crippen molar-refractivity contribution in [3.63, 3.8) is 0 Å². The smallest absolute Gasteiger partial charge is 0.349 e. The Balaban J connectivity index is 2.18. The number of nitrogens with zero attached hydrogens (tertiary/aromatic N) is 1. The van der Waals surface area contributed by atoms with Gasteiger partial charge in [0.05, 0.1) is 5.92 Å². The van der Waals surface area contributed by atoms with E-state index in [0.29, 0.717) is 25.8 Å². The number of amides is 1. The number of hydrogen-bond donors (Lipinski definition) is 1. The van der Waals surface area contributed by atoms with E-state index in [1.165, 1.54) is 4.90 Å². The van der Waals surface area contributed by atoms with Crippen molar-refractivity contribution in [1.29, 1.82) is 0 Å². The SMILES string of the molecule is CN(C)C(=O)CCNC1CCC(C(F)(F)F)CC1. The Kier molecular flexibility index (Phi) is 5.44. The lowest BCUT2D eigenvalue weighted by Gasteiger charge is -2.30. The van der Waals surface area contributed by atoms with Crippen LogP contribution in [-0.4, -0.2) is 43.7 Å². The topological polar surface area (TPSA) is 32.3 Å². The maximum atomic E-state index is 12.4. The molecule has 0 heterocycles. The monoisotopic (exact) mass is 266 g/mol. The van der Waals surface area contributed by atoms with Crippen molar-refractivity contribution >= 4 is 5.91 Å². The first-order valence-corrected chi connectivity index (χ1v) is 6.31. The summed E-state index contributed by atoms with van der Waals surface area (Å²) in [5.41, 5.74) is 0. The first-order valence-electron chi connectivity index (χ1n) is 6.31. The van der Waals surface area contributed by atoms with Gasteiger partial charge in [0.15, 0.2) is 0 Å². The number of carbonyl (C=O) groups excluding carboxylic acids is 1. The van der Waals surface area contributed by atoms with E-state index in [9.17, 15) is 18.0 Å². The maximum Gasteiger partial charge on any atom is 0.391 e. The third-order valence-electron chi connectivity index (χ3n) is 3.46. The van der Waals surface area contributed by atoms with Crippen LogP contribution in [0, 0.1) is 5.92 Å². The number of nitrogens with one attached hydrogen (secondary N) is 1. The molecule has 0 spiro atoms. The number of hydrogen-bond acceptors (Lipinski definition) is 2. The lowest BCUT2D eigenvalue weighted by molar-refractivity contribution is -0.182. The van der Waals surface area contributed by atoms with Crippen molar-refractivity contribution in [2.45, 2.75) is 44.3 Å². The first kappa shape index (κ1) is 15.3. The first-order chi connectivity index (χ1) is 8.30. The summed E-state index contributed by atoms with van der Waals surface area (Å²) in [6, 6.07) is 0.124. The predicted molar refractivity (Wildman–Crippen MR) is 63.1 cm³/mol. The van der Waals surface area contributed by atoms with Crippen molar-refractivity contribution in [2.75, 3.05) is 20.6 Å². The highest BCUT2D eigenvalue weighted by molar-refractivity contribution is 5.75. The van der Waals surface area contributed by atoms with Crippen molar-refractivity contribution in [2.24, 2.45) is 5.92 Å². The van der Waals surface area contributed by atoms with Gasteiger partial charge in [0.1, 0.15) is 0 Å². The fourth-order valence-corrected chi connectivity index (χ4v) is 2.23. The van der Waals surface area contributed by atoms with Crippen LogP contribution in [0.3, 0.4) is 0 Å². The third kappa shape index (κ3) is 4.84. The molecule has 1 aliphatic carbocycles. The van der Waals surface area contributed by atoms with Crippen LogP contribution in [-0.2, 0) is 4.79 Å². The molecule has 0 saturated heterocycles. The van der Waals surface area contributed by atoms with Crippen LogP contribution in [0.1, 0.15) is 32.1 Å². The summed E-state index contributed by atoms with van der Waals surface area (Å²) in [5, 5.41) is 3.16. The molecule has 106 valence electrons. The number of rotatable bonds is 4. The molecule has 1 rings (SSSR count). The van der Waals surface area contributed by atoms with Crippen molar-refractivity contribution in [1.82, 2.24) is 10.2 Å². The average Bonchev–Trinajstić information content (AvgIpc) is 2.28. The standard InChI is InChI=1S/C12H21F3N2O/c1-17(2)11(18)7-8-16-10-5-3-9(4-6-10)12(13,14)15/h9-10,16H,3-8H2,1-2H3. The van der Waals surface area contributed by atoms with Gasteiger partial charge in [0, 0.05) is 33.1 Å². The molecule has 1 fully saturated rings. The lowest BCUT2D eigenvalue weighted by Crippen LogP contribution is -2.38. The van der Waals surface area contributed by atoms with E-state index in [2.05, 4.69) is 5.32 Å². The van der Waals surface area contributed by atoms with E-state index in [4.69, 9.17) is 0 Å². The second kappa shape index (κ2) is 6.41. The van der Waals surface area contributed by atoms with Crippen molar-refractivity contribution in [3.05, 3.63) is 0 Å². The molecule has 0 atom stereocenters. The van der Waals surface area contributed by atoms with Crippen LogP contribution < -0.4 is 5.32 Å². The van der Waals surface area contributed by atoms with Crippen LogP contribution in [0.2, 0.25) is 0 Å². The van der Waals surface area contributed by atoms with Gasteiger partial charge in [-0.1, -0.05) is 0 Å². The van der Waals surface area contributed by atoms with Gasteiger partial charge in [0.25, 0.3) is 0 Å². The Bertz CT molecular complexity index is 271. The Hall–Kier alpha value is -0.780. The molecular weight excluding hydrogens is 245 g/mol. The van der Waals surface area contributed by atoms with Crippen LogP contribution in [0.15, 0.2) is 0 Å². The lowest BCUT2D eigenvalue weighted by atomic mass is 9.85. The molecule has 0 bridgehead atoms. The van der Waals surface area contributed by atoms with Gasteiger partial charge in [-0.05, 0) is 25.7 Å². The van der Waals surface area contributed by atoms with Gasteiger partial charge in [-0.3, -0.25) is 4.79 Å². The molecule has 0 radical (unpaired) electrons. The average molecular weight is 266 g/mol. The molecule has 0 aromatic heterocycles. The van der Waals surface area contributed by atoms with Gasteiger partial charge in [-0.2, -0.15) is 13.2 Å². The molecule has 0 unspecified atom stereocenters. The number of alkyl halides is 3. The molecule has 18 heavy (non-hydrogen) atoms. The van der Waals surface area contributed by atoms with E-state index in [1.807, 2.05) is 0 Å². The maximum absolute atomic E-state index is 12.4. The summed E-state index contributed by atoms with van der Waals surface area (Å²) < 4.78 is 37.3. The molecule has 0 aromatic carbocycles. The Morgan fingerprint density at radius 2 is 1.78 bits per heavy atom. The largest absolute Gasteiger partial charge is 0.391 e. The third-order valence-corrected chi connectivity index (χ3v) is 3.46. The molecule has 3 nitrogen and oxygen atoms in total. The highest BCUT2D eigenvalue weighted by Gasteiger charge is 2.41. The molecule has 0 aliphatic heterocycles. The molecule has 1 N–H and O–H groups in total. The van der Waals surface area contributed by atoms with E-state index in [1.54, 1.807) is 14.1 Å². The molecular formula is C12H21F3N2O. The molecule has 1 amide bonds. The fraction of sp³-hybridized carbons (Fsp3) is 0.917. The van der Waals surface area contributed by atoms with Crippen LogP contribution in [0.5, 0.6) is 0 Å². The fourth-order valence-electron chi connectivity index (χ4n) is 2.23. The quantitative estimate of drug-likeness (QED) is 0.846. The summed E-state index contributed by atoms with van der Waals surface area (Å²) in [5.74, 6) is -1.11. The predicted octanol–water partition coefficient (Wildman–Crippen LogP) is 2.18. The summed E-state index contributed by atoms with van der Waals surface area (Å²) in [6.07, 6.45) is -2.18. The Morgan fingerprint density at radius 3 is 2.22 bits per heavy atom. The number of halogens is 3. The minimum Gasteiger partial charge on any atom is -0.349 e. The molecule has 1 saturated carbocycles. The van der Waals surface area contributed by atoms with Crippen LogP contribution in [0.25, 0.3) is 0 Å². The van der Waals surface area contributed by atoms with Gasteiger partial charge >= 0.3 is 6.18 Å². The molecule has 0 aromatic rings. The van der Waals surface area contributed by atoms with E-state index >= 15 is 0 Å². The Labute approximate surface area is 106 Å². The zero-order valence-corrected chi connectivity index (χ0v) is 10.9. The highest BCUT2D eigenvalue weighted by atomic mass is 19.4. The molecule has 1 aliphatic rings. The van der Waals surface area contributed by atoms with Gasteiger partial charge in [-0.25, -0.2) is 0 Å². The second-order valence-corrected chi connectivity index (χ2v) is 5.08. The summed E-state index contributed by atoms with van der Waals surface area (Å²) in [7, 11) is 3.38. The normalized spacial score (nSPS) is 24.9. The van der Waals surface area contributed by atoms with Crippen molar-refractivity contribution in [3.8, 4) is 0 Å². The van der Waals surface area contributed by atoms with Crippen molar-refractivity contribution < 1.29 is 18.0 Å². The summed E-state index contributed by atoms with van der Waals surface area (Å²) >= 11 is 0. The summed E-state index contributed by atoms with van der Waals surface area (Å²) in [6.45, 7) is 0.540. The van der Waals surface area contributed by atoms with E-state index < -0.39 is 12.1 Å². The van der Waals surface area contributed by atoms with Gasteiger partial charge < -0.3 is 10.2 Å². The number of carbonyl (C=O) groups is 1. The highest BCUT2D eigenvalue weighted by Crippen LogP contribution is 2.37. The summed E-state index contributed by atoms with van der Waals surface area (Å²) in [4.78, 5) is 12.8. The zero-order chi connectivity index (χ0) is 13.8. The van der Waals surface area contributed by atoms with E-state index in [-0.39, 0.29) is 24.8 Å². The minimum absolute atomic E-state index is 0.0338. The zero-order valence-electron chi connectivity index (χ0n) is 10.9. The van der Waals surface area contributed by atoms with Crippen LogP contribution in [0.4, 0.5) is 13.2 Å². The second-order valence-electron chi connectivity index (χ2n) is 5.08. The molecule has 6 heteroatoms. The van der Waals surface area contributed by atoms with Gasteiger partial charge in [-0.15, -0.1) is 0 Å².